The molecule has 34 heavy (non-hydrogen) atoms. The summed E-state index contributed by atoms with van der Waals surface area (Å²) in [5, 5.41) is 9.42. The fraction of sp³-hybridized carbons (Fsp3) is 0.227. The van der Waals surface area contributed by atoms with Crippen molar-refractivity contribution in [3.63, 3.8) is 0 Å². The fourth-order valence-electron chi connectivity index (χ4n) is 3.15. The van der Waals surface area contributed by atoms with Crippen LogP contribution >= 0.6 is 0 Å². The summed E-state index contributed by atoms with van der Waals surface area (Å²) in [6, 6.07) is 10.1. The van der Waals surface area contributed by atoms with Crippen LogP contribution in [-0.2, 0) is 16.7 Å². The average Bonchev–Trinajstić information content (AvgIpc) is 2.76. The highest BCUT2D eigenvalue weighted by Crippen LogP contribution is 2.42. The number of nitrogens with zero attached hydrogens (tertiary/aromatic N) is 4. The summed E-state index contributed by atoms with van der Waals surface area (Å²) in [6.45, 7) is 2.09. The SMILES string of the molecule is CCOc1cc(Cc2cnc(N)nc2N)cc(OS(=O)(=O)N(C)C)c1-c1ccc(N)c(C#N)c1. The van der Waals surface area contributed by atoms with Crippen LogP contribution in [-0.4, -0.2) is 43.4 Å². The molecule has 0 amide bonds. The second-order valence-corrected chi connectivity index (χ2v) is 9.21. The lowest BCUT2D eigenvalue weighted by atomic mass is 9.97. The van der Waals surface area contributed by atoms with Gasteiger partial charge in [0.2, 0.25) is 5.95 Å². The van der Waals surface area contributed by atoms with Crippen molar-refractivity contribution in [2.75, 3.05) is 37.9 Å². The van der Waals surface area contributed by atoms with Crippen LogP contribution in [0.3, 0.4) is 0 Å². The van der Waals surface area contributed by atoms with E-state index in [1.54, 1.807) is 37.3 Å². The molecule has 0 radical (unpaired) electrons. The highest BCUT2D eigenvalue weighted by molar-refractivity contribution is 7.84. The molecule has 1 heterocycles. The molecule has 178 valence electrons. The Balaban J connectivity index is 2.24. The molecule has 0 aliphatic rings. The number of hydrogen-bond donors (Lipinski definition) is 3. The van der Waals surface area contributed by atoms with Crippen LogP contribution in [0.15, 0.2) is 36.5 Å². The summed E-state index contributed by atoms with van der Waals surface area (Å²) in [5.41, 5.74) is 20.0. The third-order valence-electron chi connectivity index (χ3n) is 4.84. The lowest BCUT2D eigenvalue weighted by Crippen LogP contribution is -2.27. The van der Waals surface area contributed by atoms with Gasteiger partial charge < -0.3 is 26.1 Å². The Morgan fingerprint density at radius 1 is 1.12 bits per heavy atom. The van der Waals surface area contributed by atoms with E-state index in [0.29, 0.717) is 40.3 Å². The van der Waals surface area contributed by atoms with Crippen LogP contribution < -0.4 is 26.1 Å². The molecule has 0 atom stereocenters. The number of aromatic nitrogens is 2. The summed E-state index contributed by atoms with van der Waals surface area (Å²) in [4.78, 5) is 7.93. The highest BCUT2D eigenvalue weighted by atomic mass is 32.2. The van der Waals surface area contributed by atoms with Crippen molar-refractivity contribution < 1.29 is 17.3 Å². The quantitative estimate of drug-likeness (QED) is 0.400. The molecule has 12 heteroatoms. The molecule has 0 saturated carbocycles. The van der Waals surface area contributed by atoms with E-state index in [1.165, 1.54) is 20.3 Å². The fourth-order valence-corrected chi connectivity index (χ4v) is 3.66. The first-order valence-corrected chi connectivity index (χ1v) is 11.5. The van der Waals surface area contributed by atoms with Gasteiger partial charge in [0.05, 0.1) is 17.7 Å². The number of benzene rings is 2. The number of rotatable bonds is 8. The largest absolute Gasteiger partial charge is 0.493 e. The molecule has 0 fully saturated rings. The van der Waals surface area contributed by atoms with Crippen LogP contribution in [0.2, 0.25) is 0 Å². The van der Waals surface area contributed by atoms with Crippen LogP contribution in [0.5, 0.6) is 11.5 Å². The third kappa shape index (κ3) is 5.28. The minimum absolute atomic E-state index is 0.0123. The van der Waals surface area contributed by atoms with Gasteiger partial charge in [-0.25, -0.2) is 4.98 Å². The molecule has 0 unspecified atom stereocenters. The molecule has 0 bridgehead atoms. The Kier molecular flexibility index (Phi) is 7.09. The molecule has 2 aromatic carbocycles. The van der Waals surface area contributed by atoms with E-state index in [0.717, 1.165) is 4.31 Å². The summed E-state index contributed by atoms with van der Waals surface area (Å²) < 4.78 is 37.5. The van der Waals surface area contributed by atoms with Crippen LogP contribution in [0.4, 0.5) is 17.5 Å². The third-order valence-corrected chi connectivity index (χ3v) is 6.13. The molecule has 11 nitrogen and oxygen atoms in total. The van der Waals surface area contributed by atoms with Crippen molar-refractivity contribution in [2.45, 2.75) is 13.3 Å². The van der Waals surface area contributed by atoms with E-state index in [-0.39, 0.29) is 29.5 Å². The number of anilines is 3. The zero-order valence-corrected chi connectivity index (χ0v) is 19.8. The van der Waals surface area contributed by atoms with Crippen LogP contribution in [0.25, 0.3) is 11.1 Å². The van der Waals surface area contributed by atoms with Crippen molar-refractivity contribution in [3.8, 4) is 28.7 Å². The van der Waals surface area contributed by atoms with Crippen molar-refractivity contribution in [3.05, 3.63) is 53.2 Å². The second-order valence-electron chi connectivity index (χ2n) is 7.45. The topological polar surface area (TPSA) is 183 Å². The summed E-state index contributed by atoms with van der Waals surface area (Å²) in [5.74, 6) is 0.616. The zero-order valence-electron chi connectivity index (χ0n) is 18.9. The van der Waals surface area contributed by atoms with E-state index < -0.39 is 10.3 Å². The predicted molar refractivity (Wildman–Crippen MR) is 129 cm³/mol. The maximum atomic E-state index is 12.6. The molecule has 0 aliphatic carbocycles. The van der Waals surface area contributed by atoms with Crippen LogP contribution in [0.1, 0.15) is 23.6 Å². The Hall–Kier alpha value is -4.08. The second kappa shape index (κ2) is 9.82. The maximum absolute atomic E-state index is 12.6. The van der Waals surface area contributed by atoms with Gasteiger partial charge in [0.15, 0.2) is 5.75 Å². The van der Waals surface area contributed by atoms with Crippen LogP contribution in [0, 0.1) is 11.3 Å². The minimum atomic E-state index is -4.12. The Bertz CT molecular complexity index is 1370. The maximum Gasteiger partial charge on any atom is 0.384 e. The predicted octanol–water partition coefficient (Wildman–Crippen LogP) is 1.94. The van der Waals surface area contributed by atoms with Gasteiger partial charge in [-0.2, -0.15) is 23.0 Å². The van der Waals surface area contributed by atoms with Gasteiger partial charge in [0.25, 0.3) is 0 Å². The normalized spacial score (nSPS) is 11.3. The summed E-state index contributed by atoms with van der Waals surface area (Å²) in [6.07, 6.45) is 1.76. The van der Waals surface area contributed by atoms with Gasteiger partial charge in [-0.3, -0.25) is 0 Å². The van der Waals surface area contributed by atoms with E-state index in [9.17, 15) is 13.7 Å². The summed E-state index contributed by atoms with van der Waals surface area (Å²) >= 11 is 0. The number of hydrogen-bond acceptors (Lipinski definition) is 10. The smallest absolute Gasteiger partial charge is 0.384 e. The van der Waals surface area contributed by atoms with Crippen molar-refractivity contribution in [2.24, 2.45) is 0 Å². The minimum Gasteiger partial charge on any atom is -0.493 e. The Labute approximate surface area is 198 Å². The van der Waals surface area contributed by atoms with Gasteiger partial charge >= 0.3 is 10.3 Å². The average molecular weight is 484 g/mol. The molecule has 0 saturated heterocycles. The number of nitrogen functional groups attached to an aromatic ring is 3. The van der Waals surface area contributed by atoms with E-state index in [2.05, 4.69) is 9.97 Å². The highest BCUT2D eigenvalue weighted by Gasteiger charge is 2.23. The molecular formula is C22H25N7O4S. The lowest BCUT2D eigenvalue weighted by molar-refractivity contribution is 0.340. The Morgan fingerprint density at radius 2 is 1.82 bits per heavy atom. The monoisotopic (exact) mass is 483 g/mol. The molecule has 0 spiro atoms. The number of nitriles is 1. The summed E-state index contributed by atoms with van der Waals surface area (Å²) in [7, 11) is -1.41. The van der Waals surface area contributed by atoms with Gasteiger partial charge in [0.1, 0.15) is 17.6 Å². The van der Waals surface area contributed by atoms with E-state index >= 15 is 0 Å². The number of nitrogens with two attached hydrogens (primary N) is 3. The van der Waals surface area contributed by atoms with Gasteiger partial charge in [0, 0.05) is 38.0 Å². The first-order chi connectivity index (χ1) is 16.1. The molecular weight excluding hydrogens is 458 g/mol. The van der Waals surface area contributed by atoms with Gasteiger partial charge in [-0.1, -0.05) is 6.07 Å². The molecule has 3 rings (SSSR count). The first-order valence-electron chi connectivity index (χ1n) is 10.1. The number of ether oxygens (including phenoxy) is 1. The van der Waals surface area contributed by atoms with Crippen molar-refractivity contribution in [1.82, 2.24) is 14.3 Å². The van der Waals surface area contributed by atoms with E-state index in [1.807, 2.05) is 6.07 Å². The van der Waals surface area contributed by atoms with Crippen molar-refractivity contribution in [1.29, 1.82) is 5.26 Å². The molecule has 3 aromatic rings. The van der Waals surface area contributed by atoms with Crippen molar-refractivity contribution >= 4 is 27.8 Å². The first kappa shape index (κ1) is 24.6. The lowest BCUT2D eigenvalue weighted by Gasteiger charge is -2.20. The standard InChI is InChI=1S/C22H25N7O4S/c1-4-32-18-8-13(7-16-12-27-22(26)28-21(16)25)9-19(33-34(30,31)29(2)3)20(18)14-5-6-17(24)15(10-14)11-23/h5-6,8-10,12H,4,7,24H2,1-3H3,(H4,25,26,27,28). The zero-order chi connectivity index (χ0) is 25.0. The molecule has 1 aromatic heterocycles. The Morgan fingerprint density at radius 3 is 2.44 bits per heavy atom. The van der Waals surface area contributed by atoms with E-state index in [4.69, 9.17) is 26.1 Å². The molecule has 0 aliphatic heterocycles. The molecule has 6 N–H and O–H groups in total. The van der Waals surface area contributed by atoms with Gasteiger partial charge in [-0.05, 0) is 42.3 Å². The van der Waals surface area contributed by atoms with Gasteiger partial charge in [-0.15, -0.1) is 0 Å².